The highest BCUT2D eigenvalue weighted by molar-refractivity contribution is 5.93. The van der Waals surface area contributed by atoms with E-state index in [0.717, 1.165) is 24.2 Å². The number of phenols is 1. The van der Waals surface area contributed by atoms with Gasteiger partial charge in [0.15, 0.2) is 17.6 Å². The third kappa shape index (κ3) is 1.75. The average Bonchev–Trinajstić information content (AvgIpc) is 3.38. The van der Waals surface area contributed by atoms with E-state index >= 15 is 0 Å². The van der Waals surface area contributed by atoms with Gasteiger partial charge in [-0.1, -0.05) is 6.07 Å². The van der Waals surface area contributed by atoms with Gasteiger partial charge in [0.2, 0.25) is 5.91 Å². The third-order valence-electron chi connectivity index (χ3n) is 7.81. The number of nitrogens with two attached hydrogens (primary N) is 1. The number of primary amides is 1. The van der Waals surface area contributed by atoms with Crippen molar-refractivity contribution in [1.29, 1.82) is 0 Å². The van der Waals surface area contributed by atoms with E-state index < -0.39 is 23.0 Å². The molecule has 1 aromatic rings. The van der Waals surface area contributed by atoms with Crippen molar-refractivity contribution in [2.75, 3.05) is 13.1 Å². The summed E-state index contributed by atoms with van der Waals surface area (Å²) in [7, 11) is 0. The van der Waals surface area contributed by atoms with Gasteiger partial charge in [0.1, 0.15) is 5.76 Å². The molecule has 1 saturated carbocycles. The van der Waals surface area contributed by atoms with Crippen LogP contribution >= 0.6 is 0 Å². The summed E-state index contributed by atoms with van der Waals surface area (Å²) in [4.78, 5) is 14.4. The number of aliphatic hydroxyl groups is 2. The number of carbonyl (C=O) groups is 1. The lowest BCUT2D eigenvalue weighted by atomic mass is 9.49. The summed E-state index contributed by atoms with van der Waals surface area (Å²) in [5.74, 6) is 0.0647. The second-order valence-electron chi connectivity index (χ2n) is 9.15. The Labute approximate surface area is 162 Å². The molecule has 148 valence electrons. The lowest BCUT2D eigenvalue weighted by Crippen LogP contribution is -2.75. The summed E-state index contributed by atoms with van der Waals surface area (Å²) in [5, 5.41) is 33.5. The molecule has 1 saturated heterocycles. The van der Waals surface area contributed by atoms with Crippen molar-refractivity contribution < 1.29 is 24.9 Å². The Morgan fingerprint density at radius 2 is 2.11 bits per heavy atom. The highest BCUT2D eigenvalue weighted by Gasteiger charge is 2.73. The summed E-state index contributed by atoms with van der Waals surface area (Å²) >= 11 is 0. The summed E-state index contributed by atoms with van der Waals surface area (Å²) in [6.45, 7) is 1.73. The number of piperidine rings is 1. The second-order valence-corrected chi connectivity index (χ2v) is 9.15. The highest BCUT2D eigenvalue weighted by Crippen LogP contribution is 2.66. The largest absolute Gasteiger partial charge is 0.508 e. The molecule has 1 spiro atoms. The van der Waals surface area contributed by atoms with Crippen LogP contribution in [-0.2, 0) is 16.6 Å². The highest BCUT2D eigenvalue weighted by atomic mass is 16.5. The molecule has 7 heteroatoms. The normalized spacial score (nSPS) is 38.2. The smallest absolute Gasteiger partial charge is 0.248 e. The molecule has 1 amide bonds. The molecular formula is C21H24N2O5. The van der Waals surface area contributed by atoms with Gasteiger partial charge in [0, 0.05) is 24.6 Å². The minimum atomic E-state index is -1.28. The Hall–Kier alpha value is -2.25. The van der Waals surface area contributed by atoms with Crippen LogP contribution < -0.4 is 10.5 Å². The summed E-state index contributed by atoms with van der Waals surface area (Å²) < 4.78 is 6.05. The van der Waals surface area contributed by atoms with E-state index in [4.69, 9.17) is 10.5 Å². The van der Waals surface area contributed by atoms with E-state index in [1.54, 1.807) is 6.07 Å². The van der Waals surface area contributed by atoms with Gasteiger partial charge >= 0.3 is 0 Å². The Morgan fingerprint density at radius 1 is 1.32 bits per heavy atom. The fraction of sp³-hybridized carbons (Fsp3) is 0.571. The van der Waals surface area contributed by atoms with E-state index in [1.807, 2.05) is 6.07 Å². The second kappa shape index (κ2) is 5.02. The third-order valence-corrected chi connectivity index (χ3v) is 7.81. The zero-order chi connectivity index (χ0) is 19.4. The van der Waals surface area contributed by atoms with Crippen LogP contribution in [0.3, 0.4) is 0 Å². The van der Waals surface area contributed by atoms with Crippen LogP contribution in [0.5, 0.6) is 11.5 Å². The number of hydrogen-bond acceptors (Lipinski definition) is 6. The number of hydrogen-bond donors (Lipinski definition) is 4. The predicted molar refractivity (Wildman–Crippen MR) is 99.0 cm³/mol. The quantitative estimate of drug-likeness (QED) is 0.614. The number of carbonyl (C=O) groups excluding carboxylic acids is 1. The van der Waals surface area contributed by atoms with Gasteiger partial charge in [-0.2, -0.15) is 0 Å². The number of amides is 1. The SMILES string of the molecule is NC(=O)C1=C(O)[C@@H]2Oc3c(O)ccc4c3[C@@]23CCN(CC2CC2)[C@H](C4)[C@]3(O)C1. The van der Waals surface area contributed by atoms with Gasteiger partial charge in [0.05, 0.1) is 16.6 Å². The average molecular weight is 384 g/mol. The van der Waals surface area contributed by atoms with Gasteiger partial charge in [-0.05, 0) is 49.8 Å². The van der Waals surface area contributed by atoms with Crippen LogP contribution in [0, 0.1) is 5.92 Å². The van der Waals surface area contributed by atoms with Crippen molar-refractivity contribution in [1.82, 2.24) is 4.90 Å². The monoisotopic (exact) mass is 384 g/mol. The molecule has 2 bridgehead atoms. The molecule has 28 heavy (non-hydrogen) atoms. The fourth-order valence-corrected chi connectivity index (χ4v) is 6.38. The van der Waals surface area contributed by atoms with Crippen molar-refractivity contribution in [3.63, 3.8) is 0 Å². The molecule has 7 nitrogen and oxygen atoms in total. The molecule has 0 unspecified atom stereocenters. The molecule has 2 fully saturated rings. The van der Waals surface area contributed by atoms with Crippen LogP contribution in [0.4, 0.5) is 0 Å². The number of benzene rings is 1. The number of phenolic OH excluding ortho intramolecular Hbond substituents is 1. The minimum absolute atomic E-state index is 0.00263. The van der Waals surface area contributed by atoms with E-state index in [2.05, 4.69) is 4.90 Å². The number of aliphatic hydroxyl groups excluding tert-OH is 1. The zero-order valence-electron chi connectivity index (χ0n) is 15.5. The van der Waals surface area contributed by atoms with Gasteiger partial charge < -0.3 is 25.8 Å². The van der Waals surface area contributed by atoms with Crippen LogP contribution in [0.25, 0.3) is 0 Å². The first kappa shape index (κ1) is 16.7. The molecule has 2 heterocycles. The van der Waals surface area contributed by atoms with Gasteiger partial charge in [-0.3, -0.25) is 9.69 Å². The molecule has 3 aliphatic carbocycles. The lowest BCUT2D eigenvalue weighted by Gasteiger charge is -2.62. The topological polar surface area (TPSA) is 116 Å². The maximum atomic E-state index is 12.2. The number of ether oxygens (including phenoxy) is 1. The summed E-state index contributed by atoms with van der Waals surface area (Å²) in [6.07, 6.45) is 2.77. The lowest BCUT2D eigenvalue weighted by molar-refractivity contribution is -0.172. The van der Waals surface area contributed by atoms with E-state index in [-0.39, 0.29) is 29.5 Å². The molecule has 5 aliphatic rings. The predicted octanol–water partition coefficient (Wildman–Crippen LogP) is 0.864. The van der Waals surface area contributed by atoms with Gasteiger partial charge in [-0.25, -0.2) is 0 Å². The molecular weight excluding hydrogens is 360 g/mol. The minimum Gasteiger partial charge on any atom is -0.508 e. The first-order chi connectivity index (χ1) is 13.4. The summed E-state index contributed by atoms with van der Waals surface area (Å²) in [5.41, 5.74) is 5.28. The van der Waals surface area contributed by atoms with Crippen molar-refractivity contribution in [3.8, 4) is 11.5 Å². The van der Waals surface area contributed by atoms with Crippen molar-refractivity contribution in [3.05, 3.63) is 34.6 Å². The first-order valence-electron chi connectivity index (χ1n) is 10.1. The number of aromatic hydroxyl groups is 1. The molecule has 0 radical (unpaired) electrons. The Morgan fingerprint density at radius 3 is 2.82 bits per heavy atom. The van der Waals surface area contributed by atoms with Crippen LogP contribution in [0.2, 0.25) is 0 Å². The van der Waals surface area contributed by atoms with Gasteiger partial charge in [0.25, 0.3) is 0 Å². The van der Waals surface area contributed by atoms with Crippen LogP contribution in [0.15, 0.2) is 23.5 Å². The Balaban J connectivity index is 1.61. The van der Waals surface area contributed by atoms with Crippen LogP contribution in [-0.4, -0.2) is 57.0 Å². The maximum Gasteiger partial charge on any atom is 0.248 e. The van der Waals surface area contributed by atoms with E-state index in [9.17, 15) is 20.1 Å². The van der Waals surface area contributed by atoms with Crippen molar-refractivity contribution in [2.24, 2.45) is 11.7 Å². The molecule has 2 aliphatic heterocycles. The van der Waals surface area contributed by atoms with E-state index in [1.165, 1.54) is 12.8 Å². The molecule has 0 aromatic heterocycles. The van der Waals surface area contributed by atoms with Crippen molar-refractivity contribution in [2.45, 2.75) is 55.3 Å². The first-order valence-corrected chi connectivity index (χ1v) is 10.1. The molecule has 1 aromatic carbocycles. The Kier molecular flexibility index (Phi) is 2.99. The Bertz CT molecular complexity index is 954. The van der Waals surface area contributed by atoms with Crippen LogP contribution in [0.1, 0.15) is 36.8 Å². The standard InChI is InChI=1S/C21H24N2O5/c22-19(26)12-8-21(27)14-7-11-3-4-13(24)17-15(11)20(21,18(28-17)16(12)25)5-6-23(14)9-10-1-2-10/h3-4,10,14,18,24-25,27H,1-2,5-9H2,(H2,22,26)/t14-,18+,20+,21-/m1/s1. The number of likely N-dealkylation sites (tertiary alicyclic amines) is 1. The molecule has 6 rings (SSSR count). The van der Waals surface area contributed by atoms with Gasteiger partial charge in [-0.15, -0.1) is 0 Å². The van der Waals surface area contributed by atoms with Crippen molar-refractivity contribution >= 4 is 5.91 Å². The fourth-order valence-electron chi connectivity index (χ4n) is 6.38. The molecule has 5 N–H and O–H groups in total. The summed E-state index contributed by atoms with van der Waals surface area (Å²) in [6, 6.07) is 3.33. The number of rotatable bonds is 3. The number of nitrogens with zero attached hydrogens (tertiary/aromatic N) is 1. The zero-order valence-corrected chi connectivity index (χ0v) is 15.5. The van der Waals surface area contributed by atoms with E-state index in [0.29, 0.717) is 24.5 Å². The molecule has 4 atom stereocenters. The maximum absolute atomic E-state index is 12.2.